The van der Waals surface area contributed by atoms with Crippen molar-refractivity contribution in [2.75, 3.05) is 18.0 Å². The molecule has 0 atom stereocenters. The smallest absolute Gasteiger partial charge is 0.329 e. The van der Waals surface area contributed by atoms with E-state index in [2.05, 4.69) is 9.97 Å². The van der Waals surface area contributed by atoms with Crippen LogP contribution in [0.25, 0.3) is 11.0 Å². The molecule has 2 heterocycles. The predicted octanol–water partition coefficient (Wildman–Crippen LogP) is 1.32. The van der Waals surface area contributed by atoms with E-state index < -0.39 is 0 Å². The van der Waals surface area contributed by atoms with Gasteiger partial charge in [-0.05, 0) is 26.0 Å². The molecule has 0 saturated carbocycles. The first-order valence-corrected chi connectivity index (χ1v) is 8.04. The van der Waals surface area contributed by atoms with Gasteiger partial charge in [-0.25, -0.2) is 9.78 Å². The molecule has 7 heteroatoms. The van der Waals surface area contributed by atoms with Crippen molar-refractivity contribution in [3.63, 3.8) is 0 Å². The van der Waals surface area contributed by atoms with Crippen molar-refractivity contribution >= 4 is 17.0 Å². The van der Waals surface area contributed by atoms with E-state index in [1.54, 1.807) is 16.2 Å². The van der Waals surface area contributed by atoms with Crippen LogP contribution in [0.1, 0.15) is 19.5 Å². The number of aromatic amines is 1. The van der Waals surface area contributed by atoms with Crippen LogP contribution in [0.15, 0.2) is 39.9 Å². The summed E-state index contributed by atoms with van der Waals surface area (Å²) in [6, 6.07) is 9.04. The van der Waals surface area contributed by atoms with Crippen molar-refractivity contribution in [1.82, 2.24) is 19.1 Å². The molecule has 7 nitrogen and oxygen atoms in total. The van der Waals surface area contributed by atoms with Gasteiger partial charge in [0.15, 0.2) is 0 Å². The Hall–Kier alpha value is -2.83. The van der Waals surface area contributed by atoms with Crippen LogP contribution < -0.4 is 16.1 Å². The molecular formula is C17H21N5O2. The fourth-order valence-corrected chi connectivity index (χ4v) is 2.93. The summed E-state index contributed by atoms with van der Waals surface area (Å²) in [4.78, 5) is 33.7. The number of imidazole rings is 1. The Kier molecular flexibility index (Phi) is 4.24. The lowest BCUT2D eigenvalue weighted by Gasteiger charge is -2.19. The molecule has 0 amide bonds. The van der Waals surface area contributed by atoms with Crippen LogP contribution in [0.2, 0.25) is 0 Å². The Balaban J connectivity index is 2.08. The van der Waals surface area contributed by atoms with E-state index >= 15 is 0 Å². The molecule has 0 bridgehead atoms. The van der Waals surface area contributed by atoms with Crippen LogP contribution in [0.4, 0.5) is 5.95 Å². The summed E-state index contributed by atoms with van der Waals surface area (Å²) in [7, 11) is 1.74. The maximum atomic E-state index is 12.5. The van der Waals surface area contributed by atoms with Gasteiger partial charge in [-0.3, -0.25) is 18.9 Å². The van der Waals surface area contributed by atoms with Gasteiger partial charge >= 0.3 is 5.69 Å². The van der Waals surface area contributed by atoms with Crippen LogP contribution in [0, 0.1) is 0 Å². The average molecular weight is 327 g/mol. The normalized spacial score (nSPS) is 11.1. The fourth-order valence-electron chi connectivity index (χ4n) is 2.93. The zero-order valence-corrected chi connectivity index (χ0v) is 14.1. The van der Waals surface area contributed by atoms with Crippen LogP contribution >= 0.6 is 0 Å². The number of aryl methyl sites for hydroxylation is 1. The van der Waals surface area contributed by atoms with E-state index in [1.165, 1.54) is 6.07 Å². The molecule has 0 aliphatic rings. The summed E-state index contributed by atoms with van der Waals surface area (Å²) in [6.45, 7) is 5.77. The summed E-state index contributed by atoms with van der Waals surface area (Å²) < 4.78 is 3.25. The maximum absolute atomic E-state index is 12.5. The standard InChI is InChI=1S/C17H21N5O2/c1-4-21(5-2)16-18-12(10-15(23)19-16)11-22-14-9-7-6-8-13(14)20(3)17(22)24/h6-10H,4-5,11H2,1-3H3,(H,18,19,23). The van der Waals surface area contributed by atoms with Crippen molar-refractivity contribution in [3.8, 4) is 0 Å². The van der Waals surface area contributed by atoms with E-state index in [4.69, 9.17) is 0 Å². The second kappa shape index (κ2) is 6.35. The first kappa shape index (κ1) is 16.0. The number of anilines is 1. The van der Waals surface area contributed by atoms with E-state index in [0.717, 1.165) is 24.1 Å². The van der Waals surface area contributed by atoms with E-state index in [9.17, 15) is 9.59 Å². The van der Waals surface area contributed by atoms with Crippen LogP contribution in [0.5, 0.6) is 0 Å². The summed E-state index contributed by atoms with van der Waals surface area (Å²) in [5.41, 5.74) is 1.92. The molecule has 1 N–H and O–H groups in total. The topological polar surface area (TPSA) is 75.9 Å². The molecule has 24 heavy (non-hydrogen) atoms. The highest BCUT2D eigenvalue weighted by molar-refractivity contribution is 5.75. The highest BCUT2D eigenvalue weighted by Crippen LogP contribution is 2.13. The van der Waals surface area contributed by atoms with Gasteiger partial charge in [-0.1, -0.05) is 12.1 Å². The fraction of sp³-hybridized carbons (Fsp3) is 0.353. The Morgan fingerprint density at radius 3 is 2.46 bits per heavy atom. The zero-order chi connectivity index (χ0) is 17.3. The van der Waals surface area contributed by atoms with Crippen molar-refractivity contribution in [2.45, 2.75) is 20.4 Å². The Bertz CT molecular complexity index is 979. The lowest BCUT2D eigenvalue weighted by molar-refractivity contribution is 0.712. The molecular weight excluding hydrogens is 306 g/mol. The average Bonchev–Trinajstić information content (AvgIpc) is 2.81. The molecule has 0 unspecified atom stereocenters. The van der Waals surface area contributed by atoms with Crippen molar-refractivity contribution < 1.29 is 0 Å². The SMILES string of the molecule is CCN(CC)c1nc(Cn2c(=O)n(C)c3ccccc32)cc(=O)[nH]1. The first-order chi connectivity index (χ1) is 11.5. The minimum Gasteiger partial charge on any atom is -0.343 e. The number of hydrogen-bond donors (Lipinski definition) is 1. The van der Waals surface area contributed by atoms with Gasteiger partial charge in [0.05, 0.1) is 23.3 Å². The van der Waals surface area contributed by atoms with E-state index in [1.807, 2.05) is 43.0 Å². The Morgan fingerprint density at radius 1 is 1.12 bits per heavy atom. The minimum absolute atomic E-state index is 0.123. The zero-order valence-electron chi connectivity index (χ0n) is 14.1. The largest absolute Gasteiger partial charge is 0.343 e. The summed E-state index contributed by atoms with van der Waals surface area (Å²) >= 11 is 0. The first-order valence-electron chi connectivity index (χ1n) is 8.04. The van der Waals surface area contributed by atoms with E-state index in [0.29, 0.717) is 11.6 Å². The van der Waals surface area contributed by atoms with Gasteiger partial charge < -0.3 is 4.90 Å². The Labute approximate surface area is 139 Å². The monoisotopic (exact) mass is 327 g/mol. The number of rotatable bonds is 5. The second-order valence-corrected chi connectivity index (χ2v) is 5.65. The van der Waals surface area contributed by atoms with Gasteiger partial charge in [0, 0.05) is 26.2 Å². The number of aromatic nitrogens is 4. The number of H-pyrrole nitrogens is 1. The van der Waals surface area contributed by atoms with Gasteiger partial charge in [0.25, 0.3) is 5.56 Å². The molecule has 0 spiro atoms. The van der Waals surface area contributed by atoms with Crippen LogP contribution in [-0.4, -0.2) is 32.2 Å². The lowest BCUT2D eigenvalue weighted by atomic mass is 10.3. The van der Waals surface area contributed by atoms with Crippen molar-refractivity contribution in [2.24, 2.45) is 7.05 Å². The molecule has 0 saturated heterocycles. The van der Waals surface area contributed by atoms with Gasteiger partial charge in [0.1, 0.15) is 0 Å². The van der Waals surface area contributed by atoms with Crippen molar-refractivity contribution in [3.05, 3.63) is 56.9 Å². The summed E-state index contributed by atoms with van der Waals surface area (Å²) in [5.74, 6) is 0.538. The number of nitrogens with zero attached hydrogens (tertiary/aromatic N) is 4. The van der Waals surface area contributed by atoms with Gasteiger partial charge in [0.2, 0.25) is 5.95 Å². The number of fused-ring (bicyclic) bond motifs is 1. The number of para-hydroxylation sites is 2. The summed E-state index contributed by atoms with van der Waals surface area (Å²) in [5, 5.41) is 0. The molecule has 0 fully saturated rings. The minimum atomic E-state index is -0.213. The number of hydrogen-bond acceptors (Lipinski definition) is 4. The molecule has 0 radical (unpaired) electrons. The third-order valence-electron chi connectivity index (χ3n) is 4.22. The third-order valence-corrected chi connectivity index (χ3v) is 4.22. The molecule has 0 aliphatic carbocycles. The summed E-state index contributed by atoms with van der Waals surface area (Å²) in [6.07, 6.45) is 0. The predicted molar refractivity (Wildman–Crippen MR) is 94.7 cm³/mol. The van der Waals surface area contributed by atoms with Crippen LogP contribution in [-0.2, 0) is 13.6 Å². The quantitative estimate of drug-likeness (QED) is 0.767. The highest BCUT2D eigenvalue weighted by Gasteiger charge is 2.13. The lowest BCUT2D eigenvalue weighted by Crippen LogP contribution is -2.28. The second-order valence-electron chi connectivity index (χ2n) is 5.65. The highest BCUT2D eigenvalue weighted by atomic mass is 16.1. The van der Waals surface area contributed by atoms with Crippen molar-refractivity contribution in [1.29, 1.82) is 0 Å². The molecule has 3 rings (SSSR count). The number of nitrogens with one attached hydrogen (secondary N) is 1. The van der Waals surface area contributed by atoms with E-state index in [-0.39, 0.29) is 17.8 Å². The van der Waals surface area contributed by atoms with Crippen LogP contribution in [0.3, 0.4) is 0 Å². The Morgan fingerprint density at radius 2 is 1.79 bits per heavy atom. The molecule has 2 aromatic heterocycles. The third kappa shape index (κ3) is 2.73. The molecule has 3 aromatic rings. The van der Waals surface area contributed by atoms with Gasteiger partial charge in [-0.2, -0.15) is 0 Å². The molecule has 0 aliphatic heterocycles. The molecule has 126 valence electrons. The maximum Gasteiger partial charge on any atom is 0.329 e. The number of benzene rings is 1. The van der Waals surface area contributed by atoms with Gasteiger partial charge in [-0.15, -0.1) is 0 Å². The molecule has 1 aromatic carbocycles.